The van der Waals surface area contributed by atoms with Crippen LogP contribution in [0.25, 0.3) is 0 Å². The van der Waals surface area contributed by atoms with Crippen LogP contribution < -0.4 is 15.4 Å². The Balaban J connectivity index is 1.89. The van der Waals surface area contributed by atoms with Crippen molar-refractivity contribution < 1.29 is 8.42 Å². The summed E-state index contributed by atoms with van der Waals surface area (Å²) in [6.45, 7) is 3.62. The standard InChI is InChI=1S/C16H24Cl2N6O2S/c1-4-19-16(21-10-12-9-14(17)15(18)24(12)3)20-6-7-22-27(25,26)13-5-8-23(2)11-13/h5,8-9,11,22H,4,6-7,10H2,1-3H3,(H2,19,20,21). The van der Waals surface area contributed by atoms with Crippen molar-refractivity contribution >= 4 is 39.2 Å². The van der Waals surface area contributed by atoms with Gasteiger partial charge in [-0.2, -0.15) is 0 Å². The maximum Gasteiger partial charge on any atom is 0.242 e. The number of aliphatic imine (C=N–C) groups is 1. The van der Waals surface area contributed by atoms with Gasteiger partial charge >= 0.3 is 0 Å². The molecule has 0 saturated heterocycles. The van der Waals surface area contributed by atoms with E-state index >= 15 is 0 Å². The van der Waals surface area contributed by atoms with Gasteiger partial charge in [-0.15, -0.1) is 0 Å². The largest absolute Gasteiger partial charge is 0.357 e. The molecule has 0 saturated carbocycles. The van der Waals surface area contributed by atoms with E-state index in [0.717, 1.165) is 5.69 Å². The highest BCUT2D eigenvalue weighted by Gasteiger charge is 2.14. The molecule has 8 nitrogen and oxygen atoms in total. The average molecular weight is 435 g/mol. The highest BCUT2D eigenvalue weighted by Crippen LogP contribution is 2.25. The number of aryl methyl sites for hydroxylation is 1. The normalized spacial score (nSPS) is 12.4. The van der Waals surface area contributed by atoms with Crippen LogP contribution in [-0.2, 0) is 30.7 Å². The maximum atomic E-state index is 12.2. The van der Waals surface area contributed by atoms with Crippen molar-refractivity contribution in [2.75, 3.05) is 19.6 Å². The molecule has 2 heterocycles. The first-order valence-corrected chi connectivity index (χ1v) is 10.6. The van der Waals surface area contributed by atoms with Crippen molar-refractivity contribution in [3.63, 3.8) is 0 Å². The molecule has 0 aliphatic rings. The Morgan fingerprint density at radius 2 is 1.96 bits per heavy atom. The summed E-state index contributed by atoms with van der Waals surface area (Å²) in [5.41, 5.74) is 0.868. The lowest BCUT2D eigenvalue weighted by Crippen LogP contribution is -2.41. The number of hydrogen-bond donors (Lipinski definition) is 3. The Labute approximate surface area is 169 Å². The topological polar surface area (TPSA) is 92.5 Å². The second-order valence-electron chi connectivity index (χ2n) is 5.87. The molecular weight excluding hydrogens is 411 g/mol. The van der Waals surface area contributed by atoms with E-state index in [-0.39, 0.29) is 11.4 Å². The van der Waals surface area contributed by atoms with Gasteiger partial charge in [-0.1, -0.05) is 23.2 Å². The molecule has 150 valence electrons. The quantitative estimate of drug-likeness (QED) is 0.334. The van der Waals surface area contributed by atoms with Crippen molar-refractivity contribution in [2.24, 2.45) is 19.1 Å². The van der Waals surface area contributed by atoms with Crippen LogP contribution in [0, 0.1) is 0 Å². The average Bonchev–Trinajstić information content (AvgIpc) is 3.16. The molecule has 0 aliphatic heterocycles. The number of sulfonamides is 1. The molecule has 2 rings (SSSR count). The summed E-state index contributed by atoms with van der Waals surface area (Å²) in [7, 11) is 0.0716. The first kappa shape index (κ1) is 21.6. The molecule has 3 N–H and O–H groups in total. The number of nitrogens with zero attached hydrogens (tertiary/aromatic N) is 3. The minimum atomic E-state index is -3.52. The number of rotatable bonds is 8. The molecule has 11 heteroatoms. The van der Waals surface area contributed by atoms with E-state index in [1.54, 1.807) is 40.7 Å². The molecule has 0 radical (unpaired) electrons. The molecule has 0 spiro atoms. The van der Waals surface area contributed by atoms with Gasteiger partial charge in [0.1, 0.15) is 5.15 Å². The summed E-state index contributed by atoms with van der Waals surface area (Å²) in [5.74, 6) is 0.574. The van der Waals surface area contributed by atoms with E-state index in [1.165, 1.54) is 0 Å². The van der Waals surface area contributed by atoms with Crippen LogP contribution in [0.5, 0.6) is 0 Å². The van der Waals surface area contributed by atoms with E-state index in [1.807, 2.05) is 14.0 Å². The number of hydrogen-bond acceptors (Lipinski definition) is 3. The Hall–Kier alpha value is -1.68. The minimum absolute atomic E-state index is 0.226. The van der Waals surface area contributed by atoms with Crippen LogP contribution >= 0.6 is 23.2 Å². The monoisotopic (exact) mass is 434 g/mol. The zero-order valence-corrected chi connectivity index (χ0v) is 17.8. The zero-order chi connectivity index (χ0) is 20.0. The molecule has 0 amide bonds. The van der Waals surface area contributed by atoms with Gasteiger partial charge in [0.25, 0.3) is 0 Å². The van der Waals surface area contributed by atoms with E-state index in [4.69, 9.17) is 23.2 Å². The second-order valence-corrected chi connectivity index (χ2v) is 8.40. The summed E-state index contributed by atoms with van der Waals surface area (Å²) >= 11 is 12.1. The Morgan fingerprint density at radius 3 is 2.52 bits per heavy atom. The number of guanidine groups is 1. The molecule has 2 aromatic rings. The van der Waals surface area contributed by atoms with Crippen LogP contribution in [0.1, 0.15) is 12.6 Å². The van der Waals surface area contributed by atoms with Crippen molar-refractivity contribution in [3.8, 4) is 0 Å². The number of aromatic nitrogens is 2. The first-order chi connectivity index (χ1) is 12.7. The fourth-order valence-corrected chi connectivity index (χ4v) is 3.83. The van der Waals surface area contributed by atoms with Crippen molar-refractivity contribution in [1.82, 2.24) is 24.5 Å². The van der Waals surface area contributed by atoms with Crippen LogP contribution in [0.4, 0.5) is 0 Å². The molecular formula is C16H24Cl2N6O2S. The van der Waals surface area contributed by atoms with E-state index in [2.05, 4.69) is 20.3 Å². The Kier molecular flexibility index (Phi) is 7.60. The van der Waals surface area contributed by atoms with Gasteiger partial charge in [0.15, 0.2) is 5.96 Å². The van der Waals surface area contributed by atoms with Gasteiger partial charge in [-0.3, -0.25) is 0 Å². The predicted molar refractivity (Wildman–Crippen MR) is 109 cm³/mol. The number of halogens is 2. The first-order valence-electron chi connectivity index (χ1n) is 8.38. The summed E-state index contributed by atoms with van der Waals surface area (Å²) in [6.07, 6.45) is 3.24. The van der Waals surface area contributed by atoms with E-state index in [0.29, 0.717) is 35.8 Å². The third kappa shape index (κ3) is 5.90. The molecule has 2 aromatic heterocycles. The number of nitrogens with one attached hydrogen (secondary N) is 3. The lowest BCUT2D eigenvalue weighted by Gasteiger charge is -2.12. The summed E-state index contributed by atoms with van der Waals surface area (Å²) in [4.78, 5) is 4.71. The van der Waals surface area contributed by atoms with Gasteiger partial charge < -0.3 is 19.8 Å². The van der Waals surface area contributed by atoms with Crippen LogP contribution in [0.3, 0.4) is 0 Å². The molecule has 0 aliphatic carbocycles. The fourth-order valence-electron chi connectivity index (χ4n) is 2.33. The Bertz CT molecular complexity index is 904. The van der Waals surface area contributed by atoms with Gasteiger partial charge in [0.2, 0.25) is 10.0 Å². The van der Waals surface area contributed by atoms with Gasteiger partial charge in [-0.05, 0) is 19.1 Å². The van der Waals surface area contributed by atoms with Crippen LogP contribution in [-0.4, -0.2) is 43.1 Å². The molecule has 27 heavy (non-hydrogen) atoms. The van der Waals surface area contributed by atoms with Gasteiger partial charge in [0, 0.05) is 51.8 Å². The Morgan fingerprint density at radius 1 is 1.22 bits per heavy atom. The SMILES string of the molecule is CCNC(=NCc1cc(Cl)c(Cl)n1C)NCCNS(=O)(=O)c1ccn(C)c1. The van der Waals surface area contributed by atoms with Crippen molar-refractivity contribution in [1.29, 1.82) is 0 Å². The zero-order valence-electron chi connectivity index (χ0n) is 15.5. The lowest BCUT2D eigenvalue weighted by atomic mass is 10.4. The lowest BCUT2D eigenvalue weighted by molar-refractivity contribution is 0.580. The van der Waals surface area contributed by atoms with Crippen LogP contribution in [0.2, 0.25) is 10.2 Å². The summed E-state index contributed by atoms with van der Waals surface area (Å²) < 4.78 is 30.4. The predicted octanol–water partition coefficient (Wildman–Crippen LogP) is 1.70. The summed E-state index contributed by atoms with van der Waals surface area (Å²) in [5, 5.41) is 7.15. The molecule has 0 bridgehead atoms. The highest BCUT2D eigenvalue weighted by atomic mass is 35.5. The second kappa shape index (κ2) is 9.50. The van der Waals surface area contributed by atoms with Crippen molar-refractivity contribution in [2.45, 2.75) is 18.4 Å². The maximum absolute atomic E-state index is 12.2. The third-order valence-electron chi connectivity index (χ3n) is 3.78. The fraction of sp³-hybridized carbons (Fsp3) is 0.438. The van der Waals surface area contributed by atoms with E-state index in [9.17, 15) is 8.42 Å². The highest BCUT2D eigenvalue weighted by molar-refractivity contribution is 7.89. The third-order valence-corrected chi connectivity index (χ3v) is 6.07. The summed E-state index contributed by atoms with van der Waals surface area (Å²) in [6, 6.07) is 3.32. The van der Waals surface area contributed by atoms with Crippen molar-refractivity contribution in [3.05, 3.63) is 40.4 Å². The molecule has 0 unspecified atom stereocenters. The minimum Gasteiger partial charge on any atom is -0.357 e. The van der Waals surface area contributed by atoms with Gasteiger partial charge in [-0.25, -0.2) is 18.1 Å². The van der Waals surface area contributed by atoms with Crippen LogP contribution in [0.15, 0.2) is 34.4 Å². The smallest absolute Gasteiger partial charge is 0.242 e. The van der Waals surface area contributed by atoms with Gasteiger partial charge in [0.05, 0.1) is 16.5 Å². The van der Waals surface area contributed by atoms with E-state index < -0.39 is 10.0 Å². The molecule has 0 aromatic carbocycles. The molecule has 0 atom stereocenters. The molecule has 0 fully saturated rings.